The van der Waals surface area contributed by atoms with E-state index in [2.05, 4.69) is 5.32 Å². The predicted octanol–water partition coefficient (Wildman–Crippen LogP) is 2.31. The number of nitrogens with one attached hydrogen (secondary N) is 1. The Hall–Kier alpha value is -2.08. The van der Waals surface area contributed by atoms with Gasteiger partial charge < -0.3 is 20.1 Å². The molecule has 25 heavy (non-hydrogen) atoms. The van der Waals surface area contributed by atoms with Gasteiger partial charge in [0.2, 0.25) is 0 Å². The molecule has 138 valence electrons. The number of rotatable bonds is 5. The van der Waals surface area contributed by atoms with Crippen molar-refractivity contribution in [1.29, 1.82) is 0 Å². The van der Waals surface area contributed by atoms with Crippen LogP contribution in [0.2, 0.25) is 0 Å². The lowest BCUT2D eigenvalue weighted by molar-refractivity contribution is -0.171. The highest BCUT2D eigenvalue weighted by Gasteiger charge is 2.51. The summed E-state index contributed by atoms with van der Waals surface area (Å²) in [5.74, 6) is -0.288. The average molecular weight is 348 g/mol. The molecule has 0 aliphatic carbocycles. The number of hydrogen-bond donors (Lipinski definition) is 2. The molecule has 0 aromatic heterocycles. The fraction of sp³-hybridized carbons (Fsp3) is 0.579. The maximum Gasteiger partial charge on any atom is 0.407 e. The van der Waals surface area contributed by atoms with E-state index in [0.717, 1.165) is 5.56 Å². The highest BCUT2D eigenvalue weighted by Crippen LogP contribution is 2.29. The number of hydrogen-bond acceptors (Lipinski definition) is 4. The largest absolute Gasteiger partial charge is 0.444 e. The molecule has 6 heteroatoms. The average Bonchev–Trinajstić information content (AvgIpc) is 2.52. The van der Waals surface area contributed by atoms with E-state index in [0.29, 0.717) is 6.54 Å². The minimum absolute atomic E-state index is 0.0264. The van der Waals surface area contributed by atoms with Crippen molar-refractivity contribution in [2.45, 2.75) is 65.0 Å². The van der Waals surface area contributed by atoms with Crippen LogP contribution in [0.4, 0.5) is 4.79 Å². The van der Waals surface area contributed by atoms with Crippen LogP contribution in [0.25, 0.3) is 0 Å². The number of amides is 2. The highest BCUT2D eigenvalue weighted by molar-refractivity contribution is 5.88. The number of carbonyl (C=O) groups is 2. The minimum Gasteiger partial charge on any atom is -0.444 e. The van der Waals surface area contributed by atoms with Crippen molar-refractivity contribution in [3.63, 3.8) is 0 Å². The smallest absolute Gasteiger partial charge is 0.407 e. The maximum absolute atomic E-state index is 12.2. The summed E-state index contributed by atoms with van der Waals surface area (Å²) in [5, 5.41) is 13.0. The zero-order valence-corrected chi connectivity index (χ0v) is 15.5. The van der Waals surface area contributed by atoms with Crippen molar-refractivity contribution >= 4 is 12.0 Å². The van der Waals surface area contributed by atoms with Crippen LogP contribution >= 0.6 is 0 Å². The topological polar surface area (TPSA) is 78.9 Å². The second kappa shape index (κ2) is 7.44. The van der Waals surface area contributed by atoms with Gasteiger partial charge in [-0.25, -0.2) is 4.79 Å². The van der Waals surface area contributed by atoms with Crippen molar-refractivity contribution in [1.82, 2.24) is 10.2 Å². The molecule has 0 saturated carbocycles. The molecule has 1 fully saturated rings. The van der Waals surface area contributed by atoms with Gasteiger partial charge in [0, 0.05) is 6.54 Å². The number of aliphatic hydroxyl groups is 1. The van der Waals surface area contributed by atoms with E-state index in [-0.39, 0.29) is 11.8 Å². The fourth-order valence-electron chi connectivity index (χ4n) is 2.99. The molecule has 1 aliphatic rings. The van der Waals surface area contributed by atoms with Crippen LogP contribution in [-0.4, -0.2) is 45.8 Å². The standard InChI is InChI=1S/C19H28N2O4/c1-12(2)14(20-18(24)25-19(3,4)5)15-16(22)17(23)21(15)11-13-9-7-6-8-10-13/h6-10,12,14-16,22H,11H2,1-5H3,(H,20,24)/t14-,15+,16-/m0/s1. The Morgan fingerprint density at radius 1 is 1.28 bits per heavy atom. The number of likely N-dealkylation sites (tertiary alicyclic amines) is 1. The van der Waals surface area contributed by atoms with Crippen molar-refractivity contribution < 1.29 is 19.4 Å². The molecule has 2 N–H and O–H groups in total. The highest BCUT2D eigenvalue weighted by atomic mass is 16.6. The van der Waals surface area contributed by atoms with Gasteiger partial charge in [-0.2, -0.15) is 0 Å². The zero-order chi connectivity index (χ0) is 18.8. The van der Waals surface area contributed by atoms with Gasteiger partial charge >= 0.3 is 6.09 Å². The van der Waals surface area contributed by atoms with Crippen molar-refractivity contribution in [2.24, 2.45) is 5.92 Å². The summed E-state index contributed by atoms with van der Waals surface area (Å²) in [6.45, 7) is 9.66. The fourth-order valence-corrected chi connectivity index (χ4v) is 2.99. The SMILES string of the molecule is CC(C)[C@H](NC(=O)OC(C)(C)C)[C@@H]1[C@H](O)C(=O)N1Cc1ccccc1. The van der Waals surface area contributed by atoms with E-state index in [9.17, 15) is 14.7 Å². The van der Waals surface area contributed by atoms with Crippen LogP contribution in [0.1, 0.15) is 40.2 Å². The van der Waals surface area contributed by atoms with Gasteiger partial charge in [-0.3, -0.25) is 4.79 Å². The number of ether oxygens (including phenoxy) is 1. The first-order valence-electron chi connectivity index (χ1n) is 8.62. The molecule has 1 saturated heterocycles. The summed E-state index contributed by atoms with van der Waals surface area (Å²) in [6.07, 6.45) is -1.65. The zero-order valence-electron chi connectivity index (χ0n) is 15.5. The van der Waals surface area contributed by atoms with Gasteiger partial charge in [-0.15, -0.1) is 0 Å². The van der Waals surface area contributed by atoms with Crippen LogP contribution in [0, 0.1) is 5.92 Å². The number of nitrogens with zero attached hydrogens (tertiary/aromatic N) is 1. The van der Waals surface area contributed by atoms with E-state index in [1.807, 2.05) is 44.2 Å². The lowest BCUT2D eigenvalue weighted by Crippen LogP contribution is -2.72. The van der Waals surface area contributed by atoms with E-state index < -0.39 is 29.9 Å². The Morgan fingerprint density at radius 3 is 2.40 bits per heavy atom. The predicted molar refractivity (Wildman–Crippen MR) is 94.8 cm³/mol. The summed E-state index contributed by atoms with van der Waals surface area (Å²) in [4.78, 5) is 25.9. The van der Waals surface area contributed by atoms with E-state index >= 15 is 0 Å². The van der Waals surface area contributed by atoms with Crippen LogP contribution in [-0.2, 0) is 16.1 Å². The minimum atomic E-state index is -1.11. The third-order valence-electron chi connectivity index (χ3n) is 4.18. The first kappa shape index (κ1) is 19.2. The maximum atomic E-state index is 12.2. The van der Waals surface area contributed by atoms with Gasteiger partial charge in [-0.1, -0.05) is 44.2 Å². The first-order chi connectivity index (χ1) is 11.6. The summed E-state index contributed by atoms with van der Waals surface area (Å²) in [6, 6.07) is 8.72. The molecule has 3 atom stereocenters. The Balaban J connectivity index is 2.12. The van der Waals surface area contributed by atoms with Crippen LogP contribution in [0.15, 0.2) is 30.3 Å². The normalized spacial score (nSPS) is 21.7. The molecule has 1 aliphatic heterocycles. The van der Waals surface area contributed by atoms with Gasteiger partial charge in [-0.05, 0) is 32.3 Å². The van der Waals surface area contributed by atoms with Crippen molar-refractivity contribution in [2.75, 3.05) is 0 Å². The molecular weight excluding hydrogens is 320 g/mol. The van der Waals surface area contributed by atoms with E-state index in [4.69, 9.17) is 4.74 Å². The summed E-state index contributed by atoms with van der Waals surface area (Å²) >= 11 is 0. The summed E-state index contributed by atoms with van der Waals surface area (Å²) in [5.41, 5.74) is 0.371. The molecule has 2 amide bonds. The van der Waals surface area contributed by atoms with E-state index in [1.165, 1.54) is 0 Å². The molecule has 1 aromatic carbocycles. The van der Waals surface area contributed by atoms with Crippen LogP contribution in [0.5, 0.6) is 0 Å². The van der Waals surface area contributed by atoms with Crippen LogP contribution < -0.4 is 5.32 Å². The second-order valence-electron chi connectivity index (χ2n) is 7.80. The quantitative estimate of drug-likeness (QED) is 0.801. The third kappa shape index (κ3) is 4.72. The molecule has 1 heterocycles. The molecule has 0 unspecified atom stereocenters. The molecule has 6 nitrogen and oxygen atoms in total. The lowest BCUT2D eigenvalue weighted by Gasteiger charge is -2.49. The monoisotopic (exact) mass is 348 g/mol. The van der Waals surface area contributed by atoms with E-state index in [1.54, 1.807) is 25.7 Å². The number of benzene rings is 1. The van der Waals surface area contributed by atoms with Gasteiger partial charge in [0.25, 0.3) is 5.91 Å². The first-order valence-corrected chi connectivity index (χ1v) is 8.62. The van der Waals surface area contributed by atoms with Gasteiger partial charge in [0.05, 0.1) is 12.1 Å². The second-order valence-corrected chi connectivity index (χ2v) is 7.80. The summed E-state index contributed by atoms with van der Waals surface area (Å²) in [7, 11) is 0. The number of alkyl carbamates (subject to hydrolysis) is 1. The van der Waals surface area contributed by atoms with Gasteiger partial charge in [0.1, 0.15) is 5.60 Å². The Morgan fingerprint density at radius 2 is 1.88 bits per heavy atom. The van der Waals surface area contributed by atoms with Crippen LogP contribution in [0.3, 0.4) is 0 Å². The Bertz CT molecular complexity index is 610. The Kier molecular flexibility index (Phi) is 5.72. The van der Waals surface area contributed by atoms with Gasteiger partial charge in [0.15, 0.2) is 6.10 Å². The van der Waals surface area contributed by atoms with Crippen molar-refractivity contribution in [3.8, 4) is 0 Å². The Labute approximate surface area is 149 Å². The summed E-state index contributed by atoms with van der Waals surface area (Å²) < 4.78 is 5.32. The molecule has 1 aromatic rings. The number of β-lactam (4-membered cyclic amide) rings is 1. The lowest BCUT2D eigenvalue weighted by atomic mass is 9.84. The molecule has 0 spiro atoms. The number of carbonyl (C=O) groups excluding carboxylic acids is 2. The molecule has 2 rings (SSSR count). The molecular formula is C19H28N2O4. The molecule has 0 bridgehead atoms. The number of aliphatic hydroxyl groups excluding tert-OH is 1. The third-order valence-corrected chi connectivity index (χ3v) is 4.18. The van der Waals surface area contributed by atoms with Crippen molar-refractivity contribution in [3.05, 3.63) is 35.9 Å². The molecule has 0 radical (unpaired) electrons.